The van der Waals surface area contributed by atoms with E-state index in [2.05, 4.69) is 9.97 Å². The predicted octanol–water partition coefficient (Wildman–Crippen LogP) is 2.94. The molecule has 3 aromatic rings. The van der Waals surface area contributed by atoms with E-state index in [-0.39, 0.29) is 12.3 Å². The molecule has 3 rings (SSSR count). The molecule has 0 saturated heterocycles. The van der Waals surface area contributed by atoms with Gasteiger partial charge in [-0.1, -0.05) is 12.1 Å². The Labute approximate surface area is 126 Å². The number of aromatic nitrogens is 2. The van der Waals surface area contributed by atoms with Crippen molar-refractivity contribution in [3.8, 4) is 11.5 Å². The normalized spacial score (nSPS) is 10.6. The minimum Gasteiger partial charge on any atom is -0.493 e. The molecule has 1 heterocycles. The molecule has 5 nitrogen and oxygen atoms in total. The fourth-order valence-electron chi connectivity index (χ4n) is 2.17. The van der Waals surface area contributed by atoms with Crippen LogP contribution in [0.5, 0.6) is 11.5 Å². The van der Waals surface area contributed by atoms with Gasteiger partial charge in [-0.05, 0) is 6.07 Å². The zero-order valence-corrected chi connectivity index (χ0v) is 11.9. The summed E-state index contributed by atoms with van der Waals surface area (Å²) in [5, 5.41) is 0.902. The number of hydrogen-bond acceptors (Lipinski definition) is 5. The van der Waals surface area contributed by atoms with Crippen LogP contribution in [-0.2, 0) is 6.61 Å². The number of anilines is 1. The summed E-state index contributed by atoms with van der Waals surface area (Å²) in [5.74, 6) is 0.140. The van der Waals surface area contributed by atoms with Gasteiger partial charge < -0.3 is 15.2 Å². The lowest BCUT2D eigenvalue weighted by atomic mass is 10.1. The summed E-state index contributed by atoms with van der Waals surface area (Å²) in [6, 6.07) is 8.33. The van der Waals surface area contributed by atoms with Crippen LogP contribution in [0.3, 0.4) is 0 Å². The van der Waals surface area contributed by atoms with Gasteiger partial charge in [-0.3, -0.25) is 0 Å². The minimum atomic E-state index is -0.539. The van der Waals surface area contributed by atoms with Gasteiger partial charge in [0.2, 0.25) is 0 Å². The van der Waals surface area contributed by atoms with Crippen LogP contribution in [0.15, 0.2) is 42.9 Å². The van der Waals surface area contributed by atoms with E-state index >= 15 is 0 Å². The van der Waals surface area contributed by atoms with Crippen LogP contribution in [-0.4, -0.2) is 17.1 Å². The van der Waals surface area contributed by atoms with Crippen molar-refractivity contribution in [3.63, 3.8) is 0 Å². The predicted molar refractivity (Wildman–Crippen MR) is 81.2 cm³/mol. The van der Waals surface area contributed by atoms with Gasteiger partial charge in [0.15, 0.2) is 11.5 Å². The molecule has 0 unspecified atom stereocenters. The maximum atomic E-state index is 13.4. The topological polar surface area (TPSA) is 70.3 Å². The second-order valence-corrected chi connectivity index (χ2v) is 4.69. The summed E-state index contributed by atoms with van der Waals surface area (Å²) in [5.41, 5.74) is 7.34. The number of ether oxygens (including phenoxy) is 2. The van der Waals surface area contributed by atoms with Crippen LogP contribution in [0.25, 0.3) is 10.9 Å². The molecule has 0 fully saturated rings. The third-order valence-corrected chi connectivity index (χ3v) is 3.31. The molecule has 22 heavy (non-hydrogen) atoms. The Kier molecular flexibility index (Phi) is 3.74. The van der Waals surface area contributed by atoms with E-state index in [0.717, 1.165) is 16.5 Å². The Morgan fingerprint density at radius 1 is 1.23 bits per heavy atom. The number of halogens is 1. The number of methoxy groups -OCH3 is 1. The highest BCUT2D eigenvalue weighted by Gasteiger charge is 2.11. The van der Waals surface area contributed by atoms with Gasteiger partial charge in [0.05, 0.1) is 18.3 Å². The van der Waals surface area contributed by atoms with Crippen molar-refractivity contribution < 1.29 is 13.9 Å². The highest BCUT2D eigenvalue weighted by Crippen LogP contribution is 2.32. The van der Waals surface area contributed by atoms with E-state index in [0.29, 0.717) is 11.5 Å². The number of rotatable bonds is 4. The van der Waals surface area contributed by atoms with Crippen molar-refractivity contribution in [2.75, 3.05) is 12.8 Å². The molecule has 0 aliphatic carbocycles. The summed E-state index contributed by atoms with van der Waals surface area (Å²) in [6.45, 7) is 0.270. The van der Waals surface area contributed by atoms with Crippen molar-refractivity contribution in [1.82, 2.24) is 9.97 Å². The number of fused-ring (bicyclic) bond motifs is 1. The highest BCUT2D eigenvalue weighted by atomic mass is 19.1. The Balaban J connectivity index is 1.90. The number of nitrogens with two attached hydrogens (primary N) is 1. The van der Waals surface area contributed by atoms with Gasteiger partial charge in [0.25, 0.3) is 0 Å². The Bertz CT molecular complexity index is 818. The van der Waals surface area contributed by atoms with Crippen LogP contribution in [0, 0.1) is 5.82 Å². The second kappa shape index (κ2) is 5.85. The molecule has 0 spiro atoms. The zero-order chi connectivity index (χ0) is 15.5. The molecule has 2 aromatic carbocycles. The Morgan fingerprint density at radius 2 is 2.09 bits per heavy atom. The zero-order valence-electron chi connectivity index (χ0n) is 11.9. The lowest BCUT2D eigenvalue weighted by Gasteiger charge is -2.13. The van der Waals surface area contributed by atoms with Gasteiger partial charge >= 0.3 is 0 Å². The average Bonchev–Trinajstić information content (AvgIpc) is 2.55. The van der Waals surface area contributed by atoms with Crippen molar-refractivity contribution in [1.29, 1.82) is 0 Å². The lowest BCUT2D eigenvalue weighted by Crippen LogP contribution is -2.01. The molecule has 0 radical (unpaired) electrons. The molecule has 1 aromatic heterocycles. The van der Waals surface area contributed by atoms with E-state index in [1.54, 1.807) is 6.20 Å². The first kappa shape index (κ1) is 14.1. The first-order valence-electron chi connectivity index (χ1n) is 6.62. The monoisotopic (exact) mass is 299 g/mol. The van der Waals surface area contributed by atoms with Crippen LogP contribution >= 0.6 is 0 Å². The van der Waals surface area contributed by atoms with Crippen molar-refractivity contribution in [2.24, 2.45) is 0 Å². The summed E-state index contributed by atoms with van der Waals surface area (Å²) in [7, 11) is 1.45. The summed E-state index contributed by atoms with van der Waals surface area (Å²) >= 11 is 0. The molecular formula is C16H14FN3O2. The van der Waals surface area contributed by atoms with Gasteiger partial charge in [-0.2, -0.15) is 0 Å². The van der Waals surface area contributed by atoms with E-state index in [1.807, 2.05) is 18.2 Å². The van der Waals surface area contributed by atoms with Crippen LogP contribution in [0.1, 0.15) is 5.56 Å². The van der Waals surface area contributed by atoms with Crippen molar-refractivity contribution in [2.45, 2.75) is 6.61 Å². The Hall–Kier alpha value is -2.89. The van der Waals surface area contributed by atoms with E-state index in [4.69, 9.17) is 15.2 Å². The number of nitrogens with zero attached hydrogens (tertiary/aromatic N) is 2. The summed E-state index contributed by atoms with van der Waals surface area (Å²) in [4.78, 5) is 8.22. The first-order valence-corrected chi connectivity index (χ1v) is 6.62. The Morgan fingerprint density at radius 3 is 2.91 bits per heavy atom. The quantitative estimate of drug-likeness (QED) is 0.750. The SMILES string of the molecule is COc1cc(F)c(N)cc1OCc1cccc2ncncc12. The smallest absolute Gasteiger partial charge is 0.163 e. The summed E-state index contributed by atoms with van der Waals surface area (Å²) < 4.78 is 24.3. The van der Waals surface area contributed by atoms with E-state index < -0.39 is 5.82 Å². The maximum Gasteiger partial charge on any atom is 0.163 e. The van der Waals surface area contributed by atoms with Gasteiger partial charge in [0.1, 0.15) is 18.8 Å². The van der Waals surface area contributed by atoms with Crippen LogP contribution < -0.4 is 15.2 Å². The molecule has 6 heteroatoms. The fraction of sp³-hybridized carbons (Fsp3) is 0.125. The summed E-state index contributed by atoms with van der Waals surface area (Å²) in [6.07, 6.45) is 3.23. The largest absolute Gasteiger partial charge is 0.493 e. The molecule has 2 N–H and O–H groups in total. The minimum absolute atomic E-state index is 0.0112. The molecule has 0 aliphatic heterocycles. The molecule has 0 saturated carbocycles. The molecule has 0 amide bonds. The maximum absolute atomic E-state index is 13.4. The van der Waals surface area contributed by atoms with Gasteiger partial charge in [-0.25, -0.2) is 14.4 Å². The van der Waals surface area contributed by atoms with E-state index in [1.165, 1.54) is 25.6 Å². The van der Waals surface area contributed by atoms with Crippen molar-refractivity contribution in [3.05, 3.63) is 54.2 Å². The van der Waals surface area contributed by atoms with Gasteiger partial charge in [0, 0.05) is 29.3 Å². The first-order chi connectivity index (χ1) is 10.7. The molecule has 112 valence electrons. The number of benzene rings is 2. The average molecular weight is 299 g/mol. The molecule has 0 bridgehead atoms. The van der Waals surface area contributed by atoms with Crippen LogP contribution in [0.4, 0.5) is 10.1 Å². The fourth-order valence-corrected chi connectivity index (χ4v) is 2.17. The lowest BCUT2D eigenvalue weighted by molar-refractivity contribution is 0.285. The molecular weight excluding hydrogens is 285 g/mol. The molecule has 0 aliphatic rings. The standard InChI is InChI=1S/C16H14FN3O2/c1-21-15-5-12(17)13(18)6-16(15)22-8-10-3-2-4-14-11(10)7-19-9-20-14/h2-7,9H,8,18H2,1H3. The van der Waals surface area contributed by atoms with Gasteiger partial charge in [-0.15, -0.1) is 0 Å². The number of hydrogen-bond donors (Lipinski definition) is 1. The van der Waals surface area contributed by atoms with Crippen molar-refractivity contribution >= 4 is 16.6 Å². The third-order valence-electron chi connectivity index (χ3n) is 3.31. The molecule has 0 atom stereocenters. The second-order valence-electron chi connectivity index (χ2n) is 4.69. The third kappa shape index (κ3) is 2.63. The number of nitrogen functional groups attached to an aromatic ring is 1. The van der Waals surface area contributed by atoms with E-state index in [9.17, 15) is 4.39 Å². The van der Waals surface area contributed by atoms with Crippen LogP contribution in [0.2, 0.25) is 0 Å². The highest BCUT2D eigenvalue weighted by molar-refractivity contribution is 5.80.